The van der Waals surface area contributed by atoms with Gasteiger partial charge in [0.25, 0.3) is 0 Å². The van der Waals surface area contributed by atoms with Gasteiger partial charge in [-0.25, -0.2) is 8.42 Å². The van der Waals surface area contributed by atoms with Crippen molar-refractivity contribution in [3.63, 3.8) is 0 Å². The van der Waals surface area contributed by atoms with Gasteiger partial charge in [0.1, 0.15) is 5.76 Å². The molecule has 1 aliphatic rings. The quantitative estimate of drug-likeness (QED) is 0.779. The normalized spacial score (nSPS) is 19.7. The minimum Gasteiger partial charge on any atom is -0.374 e. The topological polar surface area (TPSA) is 102 Å². The lowest BCUT2D eigenvalue weighted by Crippen LogP contribution is -2.49. The number of morpholine rings is 1. The molecule has 0 spiro atoms. The average Bonchev–Trinajstić information content (AvgIpc) is 2.81. The molecule has 0 bridgehead atoms. The van der Waals surface area contributed by atoms with Crippen molar-refractivity contribution in [3.8, 4) is 0 Å². The van der Waals surface area contributed by atoms with Gasteiger partial charge in [-0.15, -0.1) is 0 Å². The van der Waals surface area contributed by atoms with Crippen molar-refractivity contribution in [1.82, 2.24) is 14.8 Å². The van der Waals surface area contributed by atoms with Crippen molar-refractivity contribution in [3.05, 3.63) is 17.0 Å². The van der Waals surface area contributed by atoms with Gasteiger partial charge >= 0.3 is 0 Å². The molecule has 1 aromatic heterocycles. The van der Waals surface area contributed by atoms with Crippen molar-refractivity contribution in [2.24, 2.45) is 0 Å². The number of rotatable bonds is 6. The smallest absolute Gasteiger partial charge is 0.220 e. The van der Waals surface area contributed by atoms with E-state index in [2.05, 4.69) is 10.5 Å². The number of aromatic nitrogens is 1. The van der Waals surface area contributed by atoms with Gasteiger partial charge in [0.15, 0.2) is 0 Å². The van der Waals surface area contributed by atoms with Gasteiger partial charge in [0.05, 0.1) is 24.7 Å². The molecule has 0 radical (unpaired) electrons. The molecule has 0 aliphatic carbocycles. The van der Waals surface area contributed by atoms with Crippen LogP contribution in [0.4, 0.5) is 0 Å². The minimum absolute atomic E-state index is 0.106. The van der Waals surface area contributed by atoms with E-state index in [0.717, 1.165) is 17.0 Å². The maximum atomic E-state index is 11.9. The Kier molecular flexibility index (Phi) is 5.77. The molecule has 2 rings (SSSR count). The Balaban J connectivity index is 1.76. The number of nitrogens with zero attached hydrogens (tertiary/aromatic N) is 2. The Bertz CT molecular complexity index is 636. The maximum Gasteiger partial charge on any atom is 0.220 e. The van der Waals surface area contributed by atoms with E-state index >= 15 is 0 Å². The molecule has 1 fully saturated rings. The van der Waals surface area contributed by atoms with Crippen LogP contribution in [0.25, 0.3) is 0 Å². The molecular weight excluding hydrogens is 322 g/mol. The Hall–Kier alpha value is -1.45. The number of carbonyl (C=O) groups excluding carboxylic acids is 1. The highest BCUT2D eigenvalue weighted by Crippen LogP contribution is 2.14. The maximum absolute atomic E-state index is 11.9. The van der Waals surface area contributed by atoms with Gasteiger partial charge in [0.2, 0.25) is 15.9 Å². The first-order valence-corrected chi connectivity index (χ1v) is 9.37. The van der Waals surface area contributed by atoms with Crippen molar-refractivity contribution >= 4 is 15.9 Å². The first kappa shape index (κ1) is 17.9. The molecule has 130 valence electrons. The molecule has 1 atom stereocenters. The summed E-state index contributed by atoms with van der Waals surface area (Å²) in [6.45, 7) is 4.93. The van der Waals surface area contributed by atoms with Gasteiger partial charge in [0, 0.05) is 31.6 Å². The summed E-state index contributed by atoms with van der Waals surface area (Å²) in [5, 5.41) is 6.65. The van der Waals surface area contributed by atoms with Crippen LogP contribution in [0.1, 0.15) is 23.4 Å². The van der Waals surface area contributed by atoms with E-state index in [9.17, 15) is 13.2 Å². The zero-order valence-corrected chi connectivity index (χ0v) is 14.5. The van der Waals surface area contributed by atoms with Crippen LogP contribution in [-0.4, -0.2) is 62.4 Å². The number of carbonyl (C=O) groups is 1. The molecule has 2 heterocycles. The number of hydrogen-bond donors (Lipinski definition) is 1. The van der Waals surface area contributed by atoms with E-state index in [1.165, 1.54) is 10.6 Å². The molecule has 1 amide bonds. The highest BCUT2D eigenvalue weighted by Gasteiger charge is 2.26. The molecular formula is C14H23N3O5S. The Morgan fingerprint density at radius 3 is 2.78 bits per heavy atom. The second kappa shape index (κ2) is 7.41. The third kappa shape index (κ3) is 5.02. The highest BCUT2D eigenvalue weighted by atomic mass is 32.2. The fourth-order valence-corrected chi connectivity index (χ4v) is 3.37. The highest BCUT2D eigenvalue weighted by molar-refractivity contribution is 7.88. The second-order valence-electron chi connectivity index (χ2n) is 5.72. The van der Waals surface area contributed by atoms with Gasteiger partial charge in [-0.2, -0.15) is 4.31 Å². The SMILES string of the molecule is Cc1noc(C)c1CCC(=O)NC[C@H]1CN(S(C)(=O)=O)CCO1. The number of nitrogens with one attached hydrogen (secondary N) is 1. The largest absolute Gasteiger partial charge is 0.374 e. The molecule has 9 heteroatoms. The van der Waals surface area contributed by atoms with Crippen LogP contribution in [0.5, 0.6) is 0 Å². The first-order chi connectivity index (χ1) is 10.8. The van der Waals surface area contributed by atoms with Crippen LogP contribution in [0, 0.1) is 13.8 Å². The third-order valence-corrected chi connectivity index (χ3v) is 5.15. The second-order valence-corrected chi connectivity index (χ2v) is 7.70. The van der Waals surface area contributed by atoms with Gasteiger partial charge in [-0.1, -0.05) is 5.16 Å². The van der Waals surface area contributed by atoms with Crippen molar-refractivity contribution in [1.29, 1.82) is 0 Å². The standard InChI is InChI=1S/C14H23N3O5S/c1-10-13(11(2)22-16-10)4-5-14(18)15-8-12-9-17(6-7-21-12)23(3,19)20/h12H,4-9H2,1-3H3,(H,15,18)/t12-/m0/s1. The summed E-state index contributed by atoms with van der Waals surface area (Å²) < 4.78 is 35.0. The molecule has 1 aromatic rings. The van der Waals surface area contributed by atoms with Crippen LogP contribution < -0.4 is 5.32 Å². The molecule has 8 nitrogen and oxygen atoms in total. The number of ether oxygens (including phenoxy) is 1. The molecule has 0 saturated carbocycles. The minimum atomic E-state index is -3.22. The lowest BCUT2D eigenvalue weighted by Gasteiger charge is -2.31. The monoisotopic (exact) mass is 345 g/mol. The van der Waals surface area contributed by atoms with Crippen LogP contribution in [0.2, 0.25) is 0 Å². The fourth-order valence-electron chi connectivity index (χ4n) is 2.53. The molecule has 1 aliphatic heterocycles. The van der Waals surface area contributed by atoms with Gasteiger partial charge < -0.3 is 14.6 Å². The van der Waals surface area contributed by atoms with Crippen molar-refractivity contribution < 1.29 is 22.5 Å². The van der Waals surface area contributed by atoms with E-state index in [1.807, 2.05) is 13.8 Å². The molecule has 0 aromatic carbocycles. The Morgan fingerprint density at radius 1 is 1.43 bits per heavy atom. The zero-order valence-electron chi connectivity index (χ0n) is 13.7. The fraction of sp³-hybridized carbons (Fsp3) is 0.714. The lowest BCUT2D eigenvalue weighted by molar-refractivity contribution is -0.122. The predicted octanol–water partition coefficient (Wildman–Crippen LogP) is 0.000640. The van der Waals surface area contributed by atoms with Gasteiger partial charge in [-0.05, 0) is 20.3 Å². The van der Waals surface area contributed by atoms with E-state index in [1.54, 1.807) is 0 Å². The third-order valence-electron chi connectivity index (χ3n) is 3.88. The van der Waals surface area contributed by atoms with Gasteiger partial charge in [-0.3, -0.25) is 4.79 Å². The number of sulfonamides is 1. The number of amides is 1. The number of hydrogen-bond acceptors (Lipinski definition) is 6. The van der Waals surface area contributed by atoms with E-state index in [4.69, 9.17) is 9.26 Å². The Labute approximate surface area is 136 Å². The lowest BCUT2D eigenvalue weighted by atomic mass is 10.1. The summed E-state index contributed by atoms with van der Waals surface area (Å²) in [5.41, 5.74) is 1.76. The van der Waals surface area contributed by atoms with Crippen LogP contribution >= 0.6 is 0 Å². The predicted molar refractivity (Wildman–Crippen MR) is 83.5 cm³/mol. The van der Waals surface area contributed by atoms with Crippen LogP contribution in [0.3, 0.4) is 0 Å². The van der Waals surface area contributed by atoms with Crippen molar-refractivity contribution in [2.75, 3.05) is 32.5 Å². The summed E-state index contributed by atoms with van der Waals surface area (Å²) >= 11 is 0. The zero-order chi connectivity index (χ0) is 17.0. The molecule has 23 heavy (non-hydrogen) atoms. The molecule has 1 saturated heterocycles. The first-order valence-electron chi connectivity index (χ1n) is 7.52. The van der Waals surface area contributed by atoms with Crippen molar-refractivity contribution in [2.45, 2.75) is 32.8 Å². The average molecular weight is 345 g/mol. The number of aryl methyl sites for hydroxylation is 2. The van der Waals surface area contributed by atoms with E-state index < -0.39 is 10.0 Å². The van der Waals surface area contributed by atoms with Crippen LogP contribution in [-0.2, 0) is 26.0 Å². The Morgan fingerprint density at radius 2 is 2.17 bits per heavy atom. The van der Waals surface area contributed by atoms with E-state index in [0.29, 0.717) is 32.5 Å². The summed E-state index contributed by atoms with van der Waals surface area (Å²) in [6.07, 6.45) is 1.75. The molecule has 1 N–H and O–H groups in total. The molecule has 0 unspecified atom stereocenters. The summed E-state index contributed by atoms with van der Waals surface area (Å²) in [4.78, 5) is 11.9. The summed E-state index contributed by atoms with van der Waals surface area (Å²) in [5.74, 6) is 0.625. The summed E-state index contributed by atoms with van der Waals surface area (Å²) in [6, 6.07) is 0. The summed E-state index contributed by atoms with van der Waals surface area (Å²) in [7, 11) is -3.22. The van der Waals surface area contributed by atoms with E-state index in [-0.39, 0.29) is 18.6 Å². The van der Waals surface area contributed by atoms with Crippen LogP contribution in [0.15, 0.2) is 4.52 Å².